The number of amides is 1. The number of hydrogen-bond acceptors (Lipinski definition) is 7. The molecule has 1 aromatic rings. The van der Waals surface area contributed by atoms with Crippen molar-refractivity contribution in [2.24, 2.45) is 0 Å². The third kappa shape index (κ3) is 5.62. The molecule has 0 radical (unpaired) electrons. The second-order valence-corrected chi connectivity index (χ2v) is 5.86. The van der Waals surface area contributed by atoms with E-state index in [1.54, 1.807) is 18.9 Å². The van der Waals surface area contributed by atoms with E-state index < -0.39 is 0 Å². The number of likely N-dealkylation sites (N-methyl/N-ethyl adjacent to an activating group) is 1. The first-order valence-electron chi connectivity index (χ1n) is 7.93. The van der Waals surface area contributed by atoms with E-state index in [4.69, 9.17) is 9.78 Å². The molecule has 2 rings (SSSR count). The van der Waals surface area contributed by atoms with Crippen LogP contribution in [0.25, 0.3) is 0 Å². The largest absolute Gasteiger partial charge is 0.344 e. The molecule has 0 aliphatic carbocycles. The Morgan fingerprint density at radius 1 is 1.35 bits per heavy atom. The maximum Gasteiger partial charge on any atom is 0.236 e. The van der Waals surface area contributed by atoms with Gasteiger partial charge in [-0.3, -0.25) is 14.6 Å². The van der Waals surface area contributed by atoms with Crippen LogP contribution in [-0.2, 0) is 11.3 Å². The highest BCUT2D eigenvalue weighted by Gasteiger charge is 2.19. The van der Waals surface area contributed by atoms with Gasteiger partial charge < -0.3 is 9.42 Å². The van der Waals surface area contributed by atoms with Crippen molar-refractivity contribution in [1.29, 1.82) is 5.26 Å². The average Bonchev–Trinajstić information content (AvgIpc) is 2.81. The molecule has 1 fully saturated rings. The summed E-state index contributed by atoms with van der Waals surface area (Å²) in [5, 5.41) is 12.5. The van der Waals surface area contributed by atoms with Crippen molar-refractivity contribution in [2.45, 2.75) is 26.3 Å². The topological polar surface area (TPSA) is 89.5 Å². The zero-order chi connectivity index (χ0) is 16.7. The number of carbonyl (C=O) groups excluding carboxylic acids is 1. The Morgan fingerprint density at radius 3 is 2.78 bits per heavy atom. The zero-order valence-electron chi connectivity index (χ0n) is 13.9. The van der Waals surface area contributed by atoms with Gasteiger partial charge in [0.1, 0.15) is 0 Å². The molecule has 0 unspecified atom stereocenters. The zero-order valence-corrected chi connectivity index (χ0v) is 13.9. The lowest BCUT2D eigenvalue weighted by Gasteiger charge is -2.23. The van der Waals surface area contributed by atoms with E-state index in [1.165, 1.54) is 0 Å². The van der Waals surface area contributed by atoms with Crippen LogP contribution in [0, 0.1) is 18.3 Å². The molecule has 1 aromatic heterocycles. The summed E-state index contributed by atoms with van der Waals surface area (Å²) >= 11 is 0. The first kappa shape index (κ1) is 17.4. The van der Waals surface area contributed by atoms with Crippen molar-refractivity contribution < 1.29 is 9.32 Å². The van der Waals surface area contributed by atoms with Crippen LogP contribution >= 0.6 is 0 Å². The van der Waals surface area contributed by atoms with E-state index in [0.717, 1.165) is 32.6 Å². The van der Waals surface area contributed by atoms with E-state index in [0.29, 0.717) is 37.8 Å². The van der Waals surface area contributed by atoms with Crippen LogP contribution in [0.5, 0.6) is 0 Å². The average molecular weight is 320 g/mol. The maximum absolute atomic E-state index is 12.1. The molecule has 0 N–H and O–H groups in total. The Hall–Kier alpha value is -1.98. The first-order chi connectivity index (χ1) is 11.1. The quantitative estimate of drug-likeness (QED) is 0.742. The Kier molecular flexibility index (Phi) is 6.50. The molecule has 2 heterocycles. The fourth-order valence-electron chi connectivity index (χ4n) is 2.60. The number of nitriles is 1. The number of nitrogens with zero attached hydrogens (tertiary/aromatic N) is 6. The Labute approximate surface area is 136 Å². The Morgan fingerprint density at radius 2 is 2.09 bits per heavy atom. The first-order valence-corrected chi connectivity index (χ1v) is 7.93. The van der Waals surface area contributed by atoms with Gasteiger partial charge in [0.15, 0.2) is 5.82 Å². The molecule has 0 atom stereocenters. The van der Waals surface area contributed by atoms with Crippen molar-refractivity contribution in [1.82, 2.24) is 24.8 Å². The van der Waals surface area contributed by atoms with Gasteiger partial charge in [-0.1, -0.05) is 5.16 Å². The van der Waals surface area contributed by atoms with E-state index >= 15 is 0 Å². The number of aryl methyl sites for hydroxylation is 1. The van der Waals surface area contributed by atoms with E-state index in [1.807, 2.05) is 0 Å². The van der Waals surface area contributed by atoms with Crippen LogP contribution in [0.1, 0.15) is 24.6 Å². The summed E-state index contributed by atoms with van der Waals surface area (Å²) in [5.74, 6) is 1.37. The van der Waals surface area contributed by atoms with Crippen molar-refractivity contribution in [3.8, 4) is 6.07 Å². The monoisotopic (exact) mass is 320 g/mol. The fourth-order valence-corrected chi connectivity index (χ4v) is 2.60. The summed E-state index contributed by atoms with van der Waals surface area (Å²) in [5.41, 5.74) is 0. The minimum Gasteiger partial charge on any atom is -0.344 e. The predicted octanol–water partition coefficient (Wildman–Crippen LogP) is 0.258. The van der Waals surface area contributed by atoms with Crippen LogP contribution in [0.15, 0.2) is 4.52 Å². The molecule has 8 heteroatoms. The second kappa shape index (κ2) is 8.60. The Balaban J connectivity index is 1.77. The molecule has 0 bridgehead atoms. The standard InChI is InChI=1S/C15H24N6O2/c1-13-17-14(18-23-13)11-20-7-4-8-21(10-9-20)12-15(22)19(2)6-3-5-16/h3-4,6-12H2,1-2H3. The highest BCUT2D eigenvalue weighted by Crippen LogP contribution is 2.07. The van der Waals surface area contributed by atoms with Crippen LogP contribution < -0.4 is 0 Å². The number of rotatable bonds is 6. The van der Waals surface area contributed by atoms with Crippen molar-refractivity contribution in [2.75, 3.05) is 46.3 Å². The minimum atomic E-state index is 0.0718. The van der Waals surface area contributed by atoms with Gasteiger partial charge in [0.05, 0.1) is 25.6 Å². The number of carbonyl (C=O) groups is 1. The molecule has 126 valence electrons. The van der Waals surface area contributed by atoms with Gasteiger partial charge in [-0.25, -0.2) is 0 Å². The summed E-state index contributed by atoms with van der Waals surface area (Å²) < 4.78 is 5.00. The fraction of sp³-hybridized carbons (Fsp3) is 0.733. The van der Waals surface area contributed by atoms with Gasteiger partial charge >= 0.3 is 0 Å². The van der Waals surface area contributed by atoms with Crippen molar-refractivity contribution in [3.63, 3.8) is 0 Å². The van der Waals surface area contributed by atoms with Gasteiger partial charge in [-0.05, 0) is 19.5 Å². The summed E-state index contributed by atoms with van der Waals surface area (Å²) in [6, 6.07) is 2.06. The molecule has 8 nitrogen and oxygen atoms in total. The molecular formula is C15H24N6O2. The normalized spacial score (nSPS) is 16.7. The number of hydrogen-bond donors (Lipinski definition) is 0. The molecule has 1 amide bonds. The number of aromatic nitrogens is 2. The third-order valence-corrected chi connectivity index (χ3v) is 3.96. The molecule has 1 aliphatic rings. The highest BCUT2D eigenvalue weighted by molar-refractivity contribution is 5.78. The van der Waals surface area contributed by atoms with Crippen LogP contribution in [-0.4, -0.2) is 77.1 Å². The van der Waals surface area contributed by atoms with Gasteiger partial charge in [0, 0.05) is 33.6 Å². The molecule has 23 heavy (non-hydrogen) atoms. The highest BCUT2D eigenvalue weighted by atomic mass is 16.5. The molecule has 1 saturated heterocycles. The lowest BCUT2D eigenvalue weighted by Crippen LogP contribution is -2.40. The van der Waals surface area contributed by atoms with Gasteiger partial charge in [-0.2, -0.15) is 10.2 Å². The SMILES string of the molecule is Cc1nc(CN2CCCN(CC(=O)N(C)CCC#N)CC2)no1. The summed E-state index contributed by atoms with van der Waals surface area (Å²) in [4.78, 5) is 22.5. The molecule has 0 aromatic carbocycles. The second-order valence-electron chi connectivity index (χ2n) is 5.86. The van der Waals surface area contributed by atoms with Gasteiger partial charge in [0.25, 0.3) is 0 Å². The smallest absolute Gasteiger partial charge is 0.236 e. The maximum atomic E-state index is 12.1. The van der Waals surface area contributed by atoms with E-state index in [-0.39, 0.29) is 5.91 Å². The molecule has 0 spiro atoms. The van der Waals surface area contributed by atoms with E-state index in [9.17, 15) is 4.79 Å². The Bertz CT molecular complexity index is 552. The van der Waals surface area contributed by atoms with Crippen LogP contribution in [0.3, 0.4) is 0 Å². The summed E-state index contributed by atoms with van der Waals surface area (Å²) in [6.07, 6.45) is 1.38. The predicted molar refractivity (Wildman–Crippen MR) is 83.2 cm³/mol. The lowest BCUT2D eigenvalue weighted by atomic mass is 10.3. The van der Waals surface area contributed by atoms with Gasteiger partial charge in [-0.15, -0.1) is 0 Å². The molecule has 1 aliphatic heterocycles. The van der Waals surface area contributed by atoms with Gasteiger partial charge in [0.2, 0.25) is 11.8 Å². The van der Waals surface area contributed by atoms with Crippen LogP contribution in [0.4, 0.5) is 0 Å². The molecular weight excluding hydrogens is 296 g/mol. The van der Waals surface area contributed by atoms with Crippen molar-refractivity contribution >= 4 is 5.91 Å². The van der Waals surface area contributed by atoms with Crippen molar-refractivity contribution in [3.05, 3.63) is 11.7 Å². The lowest BCUT2D eigenvalue weighted by molar-refractivity contribution is -0.131. The molecule has 0 saturated carbocycles. The van der Waals surface area contributed by atoms with Crippen LogP contribution in [0.2, 0.25) is 0 Å². The summed E-state index contributed by atoms with van der Waals surface area (Å²) in [7, 11) is 1.75. The third-order valence-electron chi connectivity index (χ3n) is 3.96. The minimum absolute atomic E-state index is 0.0718. The van der Waals surface area contributed by atoms with E-state index in [2.05, 4.69) is 26.0 Å². The summed E-state index contributed by atoms with van der Waals surface area (Å²) in [6.45, 7) is 6.96.